The molecular formula is C23H48N4. The van der Waals surface area contributed by atoms with Crippen molar-refractivity contribution in [2.24, 2.45) is 23.7 Å². The van der Waals surface area contributed by atoms with Crippen LogP contribution in [0.25, 0.3) is 0 Å². The van der Waals surface area contributed by atoms with Gasteiger partial charge in [0.25, 0.3) is 0 Å². The Balaban J connectivity index is 0.000000187. The largest absolute Gasteiger partial charge is 0.306 e. The third kappa shape index (κ3) is 5.46. The van der Waals surface area contributed by atoms with Crippen molar-refractivity contribution in [1.82, 2.24) is 19.6 Å². The van der Waals surface area contributed by atoms with E-state index in [1.807, 2.05) is 0 Å². The number of nitrogens with zero attached hydrogens (tertiary/aromatic N) is 4. The molecule has 4 nitrogen and oxygen atoms in total. The molecule has 0 unspecified atom stereocenters. The number of likely N-dealkylation sites (tertiary alicyclic amines) is 4. The van der Waals surface area contributed by atoms with Gasteiger partial charge in [0.15, 0.2) is 0 Å². The molecule has 0 amide bonds. The van der Waals surface area contributed by atoms with Crippen molar-refractivity contribution in [2.45, 2.75) is 60.0 Å². The van der Waals surface area contributed by atoms with Crippen LogP contribution in [-0.2, 0) is 0 Å². The van der Waals surface area contributed by atoms with Crippen LogP contribution in [0.3, 0.4) is 0 Å². The first-order valence-corrected chi connectivity index (χ1v) is 10.8. The first kappa shape index (κ1) is 23.1. The SMILES string of the molecule is C.CN1C[C@@H]2CN(C(C)(C)C)C[C@@H]2C1.CN1C[C@H]2CN(C(C)(C)C)C[C@@H]2C1. The molecule has 0 spiro atoms. The highest BCUT2D eigenvalue weighted by Gasteiger charge is 2.42. The van der Waals surface area contributed by atoms with E-state index in [9.17, 15) is 0 Å². The van der Waals surface area contributed by atoms with Gasteiger partial charge < -0.3 is 9.80 Å². The van der Waals surface area contributed by atoms with Crippen LogP contribution in [0.2, 0.25) is 0 Å². The summed E-state index contributed by atoms with van der Waals surface area (Å²) in [6, 6.07) is 0. The molecule has 4 fully saturated rings. The maximum absolute atomic E-state index is 2.65. The van der Waals surface area contributed by atoms with E-state index in [4.69, 9.17) is 0 Å². The summed E-state index contributed by atoms with van der Waals surface area (Å²) in [5.41, 5.74) is 0.756. The fourth-order valence-electron chi connectivity index (χ4n) is 5.55. The van der Waals surface area contributed by atoms with Gasteiger partial charge in [0.05, 0.1) is 0 Å². The Morgan fingerprint density at radius 1 is 0.481 bits per heavy atom. The van der Waals surface area contributed by atoms with Gasteiger partial charge >= 0.3 is 0 Å². The molecule has 0 bridgehead atoms. The van der Waals surface area contributed by atoms with Crippen LogP contribution in [0, 0.1) is 23.7 Å². The molecule has 0 aromatic heterocycles. The predicted molar refractivity (Wildman–Crippen MR) is 118 cm³/mol. The standard InChI is InChI=1S/2C11H22N2.CH4/c2*1-11(2,3)13-7-9-5-12(4)6-10(9)8-13;/h2*9-10H,5-8H2,1-4H3;1H4/t9-,10+;9-,10-;/m.0./s1. The van der Waals surface area contributed by atoms with E-state index in [0.717, 1.165) is 23.7 Å². The molecule has 0 N–H and O–H groups in total. The zero-order valence-electron chi connectivity index (χ0n) is 18.8. The molecule has 0 radical (unpaired) electrons. The smallest absolute Gasteiger partial charge is 0.0125 e. The molecule has 4 aliphatic heterocycles. The van der Waals surface area contributed by atoms with E-state index in [-0.39, 0.29) is 7.43 Å². The Bertz CT molecular complexity index is 406. The van der Waals surface area contributed by atoms with Crippen LogP contribution >= 0.6 is 0 Å². The second-order valence-corrected chi connectivity index (χ2v) is 11.6. The molecule has 0 aromatic rings. The third-order valence-corrected chi connectivity index (χ3v) is 7.24. The monoisotopic (exact) mass is 380 g/mol. The van der Waals surface area contributed by atoms with E-state index >= 15 is 0 Å². The summed E-state index contributed by atoms with van der Waals surface area (Å²) in [6.07, 6.45) is 0. The van der Waals surface area contributed by atoms with E-state index in [0.29, 0.717) is 11.1 Å². The van der Waals surface area contributed by atoms with Crippen LogP contribution in [0.1, 0.15) is 49.0 Å². The summed E-state index contributed by atoms with van der Waals surface area (Å²) < 4.78 is 0. The topological polar surface area (TPSA) is 13.0 Å². The lowest BCUT2D eigenvalue weighted by Crippen LogP contribution is -2.41. The van der Waals surface area contributed by atoms with Gasteiger partial charge in [-0.05, 0) is 79.3 Å². The quantitative estimate of drug-likeness (QED) is 0.640. The second-order valence-electron chi connectivity index (χ2n) is 11.6. The lowest BCUT2D eigenvalue weighted by atomic mass is 10.0. The van der Waals surface area contributed by atoms with Crippen molar-refractivity contribution in [3.8, 4) is 0 Å². The summed E-state index contributed by atoms with van der Waals surface area (Å²) >= 11 is 0. The molecule has 0 aliphatic carbocycles. The van der Waals surface area contributed by atoms with Crippen molar-refractivity contribution in [2.75, 3.05) is 66.5 Å². The number of hydrogen-bond donors (Lipinski definition) is 0. The first-order chi connectivity index (χ1) is 11.9. The lowest BCUT2D eigenvalue weighted by Gasteiger charge is -2.32. The molecule has 4 atom stereocenters. The third-order valence-electron chi connectivity index (χ3n) is 7.24. The number of hydrogen-bond acceptors (Lipinski definition) is 4. The Hall–Kier alpha value is -0.160. The van der Waals surface area contributed by atoms with Crippen molar-refractivity contribution in [1.29, 1.82) is 0 Å². The molecule has 160 valence electrons. The lowest BCUT2D eigenvalue weighted by molar-refractivity contribution is 0.153. The van der Waals surface area contributed by atoms with Crippen LogP contribution in [0.4, 0.5) is 0 Å². The fraction of sp³-hybridized carbons (Fsp3) is 1.00. The normalized spacial score (nSPS) is 35.6. The van der Waals surface area contributed by atoms with Crippen LogP contribution in [0.5, 0.6) is 0 Å². The van der Waals surface area contributed by atoms with E-state index in [2.05, 4.69) is 75.2 Å². The molecular weight excluding hydrogens is 332 g/mol. The summed E-state index contributed by atoms with van der Waals surface area (Å²) in [5.74, 6) is 3.79. The summed E-state index contributed by atoms with van der Waals surface area (Å²) in [7, 11) is 4.50. The molecule has 4 aliphatic rings. The van der Waals surface area contributed by atoms with E-state index in [1.54, 1.807) is 0 Å². The fourth-order valence-corrected chi connectivity index (χ4v) is 5.55. The molecule has 27 heavy (non-hydrogen) atoms. The molecule has 4 heteroatoms. The first-order valence-electron chi connectivity index (χ1n) is 10.8. The molecule has 4 saturated heterocycles. The average Bonchev–Trinajstić information content (AvgIpc) is 3.14. The minimum Gasteiger partial charge on any atom is -0.306 e. The maximum Gasteiger partial charge on any atom is 0.0125 e. The molecule has 0 aromatic carbocycles. The van der Waals surface area contributed by atoms with Gasteiger partial charge in [0, 0.05) is 63.4 Å². The average molecular weight is 381 g/mol. The van der Waals surface area contributed by atoms with Crippen molar-refractivity contribution >= 4 is 0 Å². The van der Waals surface area contributed by atoms with Gasteiger partial charge in [0.1, 0.15) is 0 Å². The molecule has 4 rings (SSSR count). The van der Waals surface area contributed by atoms with Crippen LogP contribution < -0.4 is 0 Å². The van der Waals surface area contributed by atoms with Crippen LogP contribution in [0.15, 0.2) is 0 Å². The van der Waals surface area contributed by atoms with Gasteiger partial charge in [-0.15, -0.1) is 0 Å². The van der Waals surface area contributed by atoms with Crippen molar-refractivity contribution in [3.63, 3.8) is 0 Å². The number of rotatable bonds is 0. The minimum absolute atomic E-state index is 0. The summed E-state index contributed by atoms with van der Waals surface area (Å²) in [5, 5.41) is 0. The van der Waals surface area contributed by atoms with E-state index < -0.39 is 0 Å². The molecule has 4 heterocycles. The summed E-state index contributed by atoms with van der Waals surface area (Å²) in [4.78, 5) is 10.3. The highest BCUT2D eigenvalue weighted by molar-refractivity contribution is 4.96. The maximum atomic E-state index is 2.65. The van der Waals surface area contributed by atoms with Gasteiger partial charge in [0.2, 0.25) is 0 Å². The Morgan fingerprint density at radius 3 is 0.889 bits per heavy atom. The van der Waals surface area contributed by atoms with Crippen LogP contribution in [-0.4, -0.2) is 97.1 Å². The second kappa shape index (κ2) is 8.30. The zero-order chi connectivity index (χ0) is 19.3. The Labute approximate surface area is 170 Å². The number of fused-ring (bicyclic) bond motifs is 2. The predicted octanol–water partition coefficient (Wildman–Crippen LogP) is 3.19. The zero-order valence-corrected chi connectivity index (χ0v) is 18.8. The Kier molecular flexibility index (Phi) is 7.10. The van der Waals surface area contributed by atoms with Gasteiger partial charge in [-0.1, -0.05) is 7.43 Å². The Morgan fingerprint density at radius 2 is 0.704 bits per heavy atom. The summed E-state index contributed by atoms with van der Waals surface area (Å²) in [6.45, 7) is 24.5. The molecule has 0 saturated carbocycles. The van der Waals surface area contributed by atoms with Gasteiger partial charge in [-0.3, -0.25) is 9.80 Å². The highest BCUT2D eigenvalue weighted by atomic mass is 15.3. The van der Waals surface area contributed by atoms with Gasteiger partial charge in [-0.25, -0.2) is 0 Å². The van der Waals surface area contributed by atoms with E-state index in [1.165, 1.54) is 52.4 Å². The minimum atomic E-state index is 0. The van der Waals surface area contributed by atoms with Crippen molar-refractivity contribution < 1.29 is 0 Å². The highest BCUT2D eigenvalue weighted by Crippen LogP contribution is 2.34. The van der Waals surface area contributed by atoms with Gasteiger partial charge in [-0.2, -0.15) is 0 Å². The van der Waals surface area contributed by atoms with Crippen molar-refractivity contribution in [3.05, 3.63) is 0 Å².